The topological polar surface area (TPSA) is 58.6 Å². The molecule has 0 spiro atoms. The van der Waals surface area contributed by atoms with Crippen molar-refractivity contribution in [1.82, 2.24) is 10.2 Å². The highest BCUT2D eigenvalue weighted by Crippen LogP contribution is 2.17. The molecule has 5 nitrogen and oxygen atoms in total. The standard InChI is InChI=1S/C22H26BrIN2O3/c1-4-15(2)25-22(28)16(3)26(13-17-6-5-7-18(23)12-17)21(27)14-29-20-10-8-19(24)9-11-20/h5-12,15-16H,4,13-14H2,1-3H3,(H,25,28)/t15-,16+/m1/s1. The van der Waals surface area contributed by atoms with Crippen LogP contribution in [0.2, 0.25) is 0 Å². The van der Waals surface area contributed by atoms with Gasteiger partial charge in [0.25, 0.3) is 5.91 Å². The Bertz CT molecular complexity index is 829. The molecule has 0 radical (unpaired) electrons. The van der Waals surface area contributed by atoms with Crippen LogP contribution in [0.15, 0.2) is 53.0 Å². The maximum atomic E-state index is 13.0. The molecule has 2 rings (SSSR count). The Kier molecular flexibility index (Phi) is 9.42. The number of nitrogens with zero attached hydrogens (tertiary/aromatic N) is 1. The van der Waals surface area contributed by atoms with Crippen molar-refractivity contribution in [2.75, 3.05) is 6.61 Å². The summed E-state index contributed by atoms with van der Waals surface area (Å²) in [5.41, 5.74) is 0.935. The van der Waals surface area contributed by atoms with Crippen LogP contribution in [0.1, 0.15) is 32.8 Å². The van der Waals surface area contributed by atoms with Crippen LogP contribution < -0.4 is 10.1 Å². The minimum Gasteiger partial charge on any atom is -0.484 e. The lowest BCUT2D eigenvalue weighted by atomic mass is 10.1. The predicted molar refractivity (Wildman–Crippen MR) is 127 cm³/mol. The van der Waals surface area contributed by atoms with E-state index in [9.17, 15) is 9.59 Å². The summed E-state index contributed by atoms with van der Waals surface area (Å²) in [5.74, 6) is 0.213. The molecule has 0 aliphatic rings. The molecule has 0 saturated carbocycles. The minimum absolute atomic E-state index is 0.0517. The summed E-state index contributed by atoms with van der Waals surface area (Å²) >= 11 is 5.67. The first kappa shape index (κ1) is 23.7. The normalized spacial score (nSPS) is 12.7. The van der Waals surface area contributed by atoms with Gasteiger partial charge in [-0.2, -0.15) is 0 Å². The van der Waals surface area contributed by atoms with Crippen molar-refractivity contribution < 1.29 is 14.3 Å². The van der Waals surface area contributed by atoms with Crippen molar-refractivity contribution in [3.05, 3.63) is 62.1 Å². The molecule has 29 heavy (non-hydrogen) atoms. The zero-order valence-electron chi connectivity index (χ0n) is 16.8. The quantitative estimate of drug-likeness (QED) is 0.441. The van der Waals surface area contributed by atoms with Gasteiger partial charge in [-0.1, -0.05) is 35.0 Å². The van der Waals surface area contributed by atoms with E-state index >= 15 is 0 Å². The van der Waals surface area contributed by atoms with Crippen molar-refractivity contribution in [3.63, 3.8) is 0 Å². The highest BCUT2D eigenvalue weighted by atomic mass is 127. The van der Waals surface area contributed by atoms with Crippen LogP contribution in [0, 0.1) is 3.57 Å². The average molecular weight is 573 g/mol. The number of rotatable bonds is 9. The lowest BCUT2D eigenvalue weighted by molar-refractivity contribution is -0.142. The Morgan fingerprint density at radius 1 is 1.17 bits per heavy atom. The number of hydrogen-bond acceptors (Lipinski definition) is 3. The van der Waals surface area contributed by atoms with E-state index in [4.69, 9.17) is 4.74 Å². The van der Waals surface area contributed by atoms with Gasteiger partial charge >= 0.3 is 0 Å². The maximum Gasteiger partial charge on any atom is 0.261 e. The van der Waals surface area contributed by atoms with Crippen molar-refractivity contribution >= 4 is 50.3 Å². The van der Waals surface area contributed by atoms with Gasteiger partial charge in [-0.15, -0.1) is 0 Å². The van der Waals surface area contributed by atoms with Crippen LogP contribution in [-0.4, -0.2) is 35.4 Å². The number of nitrogens with one attached hydrogen (secondary N) is 1. The summed E-state index contributed by atoms with van der Waals surface area (Å²) in [5, 5.41) is 2.96. The van der Waals surface area contributed by atoms with Crippen molar-refractivity contribution in [3.8, 4) is 5.75 Å². The van der Waals surface area contributed by atoms with Crippen molar-refractivity contribution in [1.29, 1.82) is 0 Å². The molecule has 156 valence electrons. The first-order valence-electron chi connectivity index (χ1n) is 9.52. The molecule has 2 atom stereocenters. The lowest BCUT2D eigenvalue weighted by Gasteiger charge is -2.29. The summed E-state index contributed by atoms with van der Waals surface area (Å²) in [4.78, 5) is 27.2. The van der Waals surface area contributed by atoms with Gasteiger partial charge in [-0.3, -0.25) is 9.59 Å². The second-order valence-corrected chi connectivity index (χ2v) is 9.05. The summed E-state index contributed by atoms with van der Waals surface area (Å²) < 4.78 is 7.68. The van der Waals surface area contributed by atoms with Crippen LogP contribution in [0.4, 0.5) is 0 Å². The molecule has 0 aliphatic heterocycles. The number of benzene rings is 2. The van der Waals surface area contributed by atoms with Crippen LogP contribution in [0.3, 0.4) is 0 Å². The van der Waals surface area contributed by atoms with Gasteiger partial charge in [-0.25, -0.2) is 0 Å². The number of carbonyl (C=O) groups excluding carboxylic acids is 2. The zero-order chi connectivity index (χ0) is 21.4. The lowest BCUT2D eigenvalue weighted by Crippen LogP contribution is -2.50. The fourth-order valence-corrected chi connectivity index (χ4v) is 3.45. The first-order valence-corrected chi connectivity index (χ1v) is 11.4. The van der Waals surface area contributed by atoms with Gasteiger partial charge < -0.3 is 15.0 Å². The van der Waals surface area contributed by atoms with Gasteiger partial charge in [0.2, 0.25) is 5.91 Å². The summed E-state index contributed by atoms with van der Waals surface area (Å²) in [7, 11) is 0. The second kappa shape index (κ2) is 11.5. The van der Waals surface area contributed by atoms with E-state index in [-0.39, 0.29) is 24.5 Å². The molecule has 2 aromatic carbocycles. The van der Waals surface area contributed by atoms with Crippen molar-refractivity contribution in [2.24, 2.45) is 0 Å². The van der Waals surface area contributed by atoms with Gasteiger partial charge in [0, 0.05) is 20.6 Å². The van der Waals surface area contributed by atoms with Crippen LogP contribution in [-0.2, 0) is 16.1 Å². The Labute approximate surface area is 194 Å². The molecule has 0 bridgehead atoms. The molecule has 0 aliphatic carbocycles. The third kappa shape index (κ3) is 7.62. The molecule has 2 amide bonds. The SMILES string of the molecule is CC[C@@H](C)NC(=O)[C@H](C)N(Cc1cccc(Br)c1)C(=O)COc1ccc(I)cc1. The smallest absolute Gasteiger partial charge is 0.261 e. The molecule has 0 unspecified atom stereocenters. The monoisotopic (exact) mass is 572 g/mol. The third-order valence-electron chi connectivity index (χ3n) is 4.59. The van der Waals surface area contributed by atoms with E-state index in [0.29, 0.717) is 12.3 Å². The summed E-state index contributed by atoms with van der Waals surface area (Å²) in [6.07, 6.45) is 0.827. The van der Waals surface area contributed by atoms with E-state index < -0.39 is 6.04 Å². The van der Waals surface area contributed by atoms with Crippen LogP contribution in [0.5, 0.6) is 5.75 Å². The van der Waals surface area contributed by atoms with E-state index in [1.165, 1.54) is 0 Å². The van der Waals surface area contributed by atoms with Gasteiger partial charge in [0.05, 0.1) is 0 Å². The van der Waals surface area contributed by atoms with E-state index in [2.05, 4.69) is 43.8 Å². The number of amides is 2. The Balaban J connectivity index is 2.14. The Morgan fingerprint density at radius 2 is 1.86 bits per heavy atom. The second-order valence-electron chi connectivity index (χ2n) is 6.89. The minimum atomic E-state index is -0.615. The molecule has 7 heteroatoms. The fraction of sp³-hybridized carbons (Fsp3) is 0.364. The van der Waals surface area contributed by atoms with E-state index in [1.54, 1.807) is 11.8 Å². The molecule has 2 aromatic rings. The molecular weight excluding hydrogens is 547 g/mol. The molecule has 0 heterocycles. The largest absolute Gasteiger partial charge is 0.484 e. The van der Waals surface area contributed by atoms with Gasteiger partial charge in [-0.05, 0) is 84.8 Å². The molecule has 0 saturated heterocycles. The summed E-state index contributed by atoms with van der Waals surface area (Å²) in [6, 6.07) is 14.6. The van der Waals surface area contributed by atoms with E-state index in [0.717, 1.165) is 20.0 Å². The predicted octanol–water partition coefficient (Wildman–Crippen LogP) is 4.76. The fourth-order valence-electron chi connectivity index (χ4n) is 2.64. The highest BCUT2D eigenvalue weighted by molar-refractivity contribution is 14.1. The molecule has 1 N–H and O–H groups in total. The van der Waals surface area contributed by atoms with Gasteiger partial charge in [0.1, 0.15) is 11.8 Å². The van der Waals surface area contributed by atoms with E-state index in [1.807, 2.05) is 62.4 Å². The Morgan fingerprint density at radius 3 is 2.48 bits per heavy atom. The first-order chi connectivity index (χ1) is 13.8. The third-order valence-corrected chi connectivity index (χ3v) is 5.80. The number of hydrogen-bond donors (Lipinski definition) is 1. The number of carbonyl (C=O) groups is 2. The van der Waals surface area contributed by atoms with Crippen LogP contribution >= 0.6 is 38.5 Å². The van der Waals surface area contributed by atoms with Gasteiger partial charge in [0.15, 0.2) is 6.61 Å². The zero-order valence-corrected chi connectivity index (χ0v) is 20.6. The van der Waals surface area contributed by atoms with Crippen LogP contribution in [0.25, 0.3) is 0 Å². The average Bonchev–Trinajstić information content (AvgIpc) is 2.70. The summed E-state index contributed by atoms with van der Waals surface area (Å²) in [6.45, 7) is 5.90. The number of ether oxygens (including phenoxy) is 1. The number of halogens is 2. The molecular formula is C22H26BrIN2O3. The van der Waals surface area contributed by atoms with Crippen molar-refractivity contribution in [2.45, 2.75) is 45.8 Å². The molecule has 0 fully saturated rings. The molecule has 0 aromatic heterocycles. The highest BCUT2D eigenvalue weighted by Gasteiger charge is 2.27. The Hall–Kier alpha value is -1.61. The maximum absolute atomic E-state index is 13.0.